The van der Waals surface area contributed by atoms with E-state index in [9.17, 15) is 4.79 Å². The largest absolute Gasteiger partial charge is 0.481 e. The summed E-state index contributed by atoms with van der Waals surface area (Å²) in [6, 6.07) is 0. The molecule has 2 fully saturated rings. The summed E-state index contributed by atoms with van der Waals surface area (Å²) in [6.45, 7) is 9.45. The molecule has 0 aliphatic carbocycles. The number of hydrogen-bond donors (Lipinski definition) is 1. The zero-order valence-electron chi connectivity index (χ0n) is 12.9. The van der Waals surface area contributed by atoms with Crippen LogP contribution >= 0.6 is 0 Å². The van der Waals surface area contributed by atoms with Crippen molar-refractivity contribution >= 4 is 5.97 Å². The van der Waals surface area contributed by atoms with Crippen LogP contribution in [0.5, 0.6) is 0 Å². The molecular weight excluding hydrogens is 252 g/mol. The summed E-state index contributed by atoms with van der Waals surface area (Å²) in [5, 5.41) is 8.71. The van der Waals surface area contributed by atoms with Gasteiger partial charge in [0, 0.05) is 19.5 Å². The van der Waals surface area contributed by atoms with Gasteiger partial charge in [-0.2, -0.15) is 0 Å². The normalized spacial score (nSPS) is 26.8. The van der Waals surface area contributed by atoms with E-state index in [-0.39, 0.29) is 0 Å². The van der Waals surface area contributed by atoms with Crippen molar-refractivity contribution in [2.24, 2.45) is 11.8 Å². The van der Waals surface area contributed by atoms with Crippen molar-refractivity contribution in [2.75, 3.05) is 39.3 Å². The van der Waals surface area contributed by atoms with Crippen LogP contribution in [-0.4, -0.2) is 60.1 Å². The Labute approximate surface area is 123 Å². The molecule has 0 aromatic heterocycles. The monoisotopic (exact) mass is 282 g/mol. The molecule has 0 aromatic carbocycles. The highest BCUT2D eigenvalue weighted by molar-refractivity contribution is 5.66. The van der Waals surface area contributed by atoms with E-state index in [0.717, 1.165) is 31.3 Å². The van der Waals surface area contributed by atoms with Crippen LogP contribution in [0.2, 0.25) is 0 Å². The van der Waals surface area contributed by atoms with Gasteiger partial charge in [-0.15, -0.1) is 0 Å². The second-order valence-corrected chi connectivity index (χ2v) is 6.79. The molecule has 1 unspecified atom stereocenters. The van der Waals surface area contributed by atoms with E-state index < -0.39 is 5.97 Å². The molecule has 4 heteroatoms. The molecule has 2 heterocycles. The lowest BCUT2D eigenvalue weighted by molar-refractivity contribution is -0.137. The van der Waals surface area contributed by atoms with Gasteiger partial charge in [-0.05, 0) is 70.1 Å². The average Bonchev–Trinajstić information content (AvgIpc) is 2.41. The number of nitrogens with zero attached hydrogens (tertiary/aromatic N) is 2. The number of likely N-dealkylation sites (tertiary alicyclic amines) is 2. The first kappa shape index (κ1) is 15.8. The van der Waals surface area contributed by atoms with Crippen LogP contribution in [0.15, 0.2) is 0 Å². The molecule has 2 saturated heterocycles. The van der Waals surface area contributed by atoms with Gasteiger partial charge in [0.1, 0.15) is 0 Å². The minimum absolute atomic E-state index is 0.311. The minimum atomic E-state index is -0.666. The molecule has 0 radical (unpaired) electrons. The fourth-order valence-corrected chi connectivity index (χ4v) is 3.57. The number of hydrogen-bond acceptors (Lipinski definition) is 3. The molecule has 1 N–H and O–H groups in total. The third-order valence-electron chi connectivity index (χ3n) is 4.86. The molecular formula is C16H30N2O2. The van der Waals surface area contributed by atoms with Crippen molar-refractivity contribution < 1.29 is 9.90 Å². The lowest BCUT2D eigenvalue weighted by atomic mass is 9.94. The number of carboxylic acids is 1. The fraction of sp³-hybridized carbons (Fsp3) is 0.938. The van der Waals surface area contributed by atoms with Crippen LogP contribution in [0.1, 0.15) is 45.4 Å². The standard InChI is InChI=1S/C16H30N2O2/c1-14-6-10-18(11-7-14)13-15-4-2-8-17(12-15)9-3-5-16(19)20/h14-15H,2-13H2,1H3,(H,19,20). The van der Waals surface area contributed by atoms with Crippen LogP contribution in [0.4, 0.5) is 0 Å². The summed E-state index contributed by atoms with van der Waals surface area (Å²) in [5.74, 6) is 1.04. The van der Waals surface area contributed by atoms with Crippen LogP contribution in [0.3, 0.4) is 0 Å². The summed E-state index contributed by atoms with van der Waals surface area (Å²) < 4.78 is 0. The molecule has 0 saturated carbocycles. The van der Waals surface area contributed by atoms with Crippen molar-refractivity contribution in [3.63, 3.8) is 0 Å². The van der Waals surface area contributed by atoms with Gasteiger partial charge in [0.15, 0.2) is 0 Å². The molecule has 116 valence electrons. The smallest absolute Gasteiger partial charge is 0.303 e. The number of carbonyl (C=O) groups is 1. The van der Waals surface area contributed by atoms with Gasteiger partial charge in [0.05, 0.1) is 0 Å². The third-order valence-corrected chi connectivity index (χ3v) is 4.86. The van der Waals surface area contributed by atoms with Crippen LogP contribution in [0.25, 0.3) is 0 Å². The summed E-state index contributed by atoms with van der Waals surface area (Å²) in [4.78, 5) is 15.7. The number of rotatable bonds is 6. The van der Waals surface area contributed by atoms with E-state index in [2.05, 4.69) is 16.7 Å². The lowest BCUT2D eigenvalue weighted by Gasteiger charge is -2.37. The Morgan fingerprint density at radius 1 is 1.15 bits per heavy atom. The van der Waals surface area contributed by atoms with E-state index in [1.165, 1.54) is 51.9 Å². The SMILES string of the molecule is CC1CCN(CC2CCCN(CCCC(=O)O)C2)CC1. The molecule has 2 aliphatic rings. The predicted molar refractivity (Wildman–Crippen MR) is 80.9 cm³/mol. The van der Waals surface area contributed by atoms with Crippen molar-refractivity contribution in [3.05, 3.63) is 0 Å². The Kier molecular flexibility index (Phi) is 6.30. The fourth-order valence-electron chi connectivity index (χ4n) is 3.57. The molecule has 0 amide bonds. The predicted octanol–water partition coefficient (Wildman–Crippen LogP) is 2.30. The Morgan fingerprint density at radius 2 is 1.90 bits per heavy atom. The highest BCUT2D eigenvalue weighted by atomic mass is 16.4. The number of piperidine rings is 2. The minimum Gasteiger partial charge on any atom is -0.481 e. The first-order valence-electron chi connectivity index (χ1n) is 8.30. The molecule has 2 aliphatic heterocycles. The number of aliphatic carboxylic acids is 1. The van der Waals surface area contributed by atoms with Gasteiger partial charge in [-0.1, -0.05) is 6.92 Å². The van der Waals surface area contributed by atoms with Crippen LogP contribution in [-0.2, 0) is 4.79 Å². The van der Waals surface area contributed by atoms with Gasteiger partial charge >= 0.3 is 5.97 Å². The van der Waals surface area contributed by atoms with E-state index in [1.54, 1.807) is 0 Å². The van der Waals surface area contributed by atoms with Gasteiger partial charge in [0.2, 0.25) is 0 Å². The van der Waals surface area contributed by atoms with E-state index in [0.29, 0.717) is 6.42 Å². The molecule has 1 atom stereocenters. The first-order valence-corrected chi connectivity index (χ1v) is 8.30. The van der Waals surface area contributed by atoms with Crippen LogP contribution in [0, 0.1) is 11.8 Å². The molecule has 4 nitrogen and oxygen atoms in total. The summed E-state index contributed by atoms with van der Waals surface area (Å²) in [6.07, 6.45) is 6.45. The summed E-state index contributed by atoms with van der Waals surface area (Å²) in [7, 11) is 0. The second kappa shape index (κ2) is 7.99. The molecule has 0 aromatic rings. The van der Waals surface area contributed by atoms with E-state index >= 15 is 0 Å². The van der Waals surface area contributed by atoms with Gasteiger partial charge in [-0.25, -0.2) is 0 Å². The maximum Gasteiger partial charge on any atom is 0.303 e. The zero-order valence-corrected chi connectivity index (χ0v) is 12.9. The lowest BCUT2D eigenvalue weighted by Crippen LogP contribution is -2.43. The highest BCUT2D eigenvalue weighted by Crippen LogP contribution is 2.21. The second-order valence-electron chi connectivity index (χ2n) is 6.79. The van der Waals surface area contributed by atoms with E-state index in [4.69, 9.17) is 5.11 Å². The molecule has 20 heavy (non-hydrogen) atoms. The summed E-state index contributed by atoms with van der Waals surface area (Å²) >= 11 is 0. The highest BCUT2D eigenvalue weighted by Gasteiger charge is 2.23. The van der Waals surface area contributed by atoms with E-state index in [1.807, 2.05) is 0 Å². The van der Waals surface area contributed by atoms with Gasteiger partial charge < -0.3 is 14.9 Å². The Balaban J connectivity index is 1.66. The van der Waals surface area contributed by atoms with Crippen LogP contribution < -0.4 is 0 Å². The third kappa shape index (κ3) is 5.41. The average molecular weight is 282 g/mol. The Bertz CT molecular complexity index is 301. The Morgan fingerprint density at radius 3 is 2.60 bits per heavy atom. The number of carboxylic acid groups (broad SMARTS) is 1. The van der Waals surface area contributed by atoms with Gasteiger partial charge in [0.25, 0.3) is 0 Å². The van der Waals surface area contributed by atoms with Crippen molar-refractivity contribution in [1.82, 2.24) is 9.80 Å². The van der Waals surface area contributed by atoms with Crippen molar-refractivity contribution in [1.29, 1.82) is 0 Å². The molecule has 2 rings (SSSR count). The van der Waals surface area contributed by atoms with Crippen molar-refractivity contribution in [2.45, 2.75) is 45.4 Å². The summed E-state index contributed by atoms with van der Waals surface area (Å²) in [5.41, 5.74) is 0. The topological polar surface area (TPSA) is 43.8 Å². The molecule has 0 spiro atoms. The van der Waals surface area contributed by atoms with Gasteiger partial charge in [-0.3, -0.25) is 4.79 Å². The Hall–Kier alpha value is -0.610. The zero-order chi connectivity index (χ0) is 14.4. The maximum atomic E-state index is 10.6. The molecule has 0 bridgehead atoms. The quantitative estimate of drug-likeness (QED) is 0.812. The van der Waals surface area contributed by atoms with Crippen molar-refractivity contribution in [3.8, 4) is 0 Å². The first-order chi connectivity index (χ1) is 9.63. The maximum absolute atomic E-state index is 10.6.